The van der Waals surface area contributed by atoms with Crippen molar-refractivity contribution >= 4 is 12.0 Å². The van der Waals surface area contributed by atoms with Crippen molar-refractivity contribution in [3.63, 3.8) is 0 Å². The van der Waals surface area contributed by atoms with Gasteiger partial charge in [0.2, 0.25) is 0 Å². The van der Waals surface area contributed by atoms with Crippen LogP contribution in [0.2, 0.25) is 12.1 Å². The zero-order valence-corrected chi connectivity index (χ0v) is 18.0. The number of hydrogen-bond donors (Lipinski definition) is 0. The standard InChI is InChI=1S/C10H9.C4H11Si.2BrH.Zr/c1-8-6-9-4-2-3-5-10(9)7-8;1-3-5-4-2;;;/h2-7H,1H3;5H,3-4H2,1-2H3;2*1H;/q;;;;+2/p-2. The second kappa shape index (κ2) is 9.05. The number of benzene rings is 1. The second-order valence-corrected chi connectivity index (χ2v) is 17.9. The van der Waals surface area contributed by atoms with E-state index in [0.29, 0.717) is 0 Å². The molecular formula is C14H20Br2SiZr. The molecule has 2 rings (SSSR count). The Hall–Kier alpha value is 1.02. The summed E-state index contributed by atoms with van der Waals surface area (Å²) in [7, 11) is 0. The molecule has 0 aliphatic heterocycles. The average Bonchev–Trinajstić information content (AvgIpc) is 2.62. The second-order valence-electron chi connectivity index (χ2n) is 4.63. The number of halogens is 2. The Morgan fingerprint density at radius 3 is 2.33 bits per heavy atom. The molecule has 0 aromatic heterocycles. The third-order valence-corrected chi connectivity index (χ3v) is 20.1. The Balaban J connectivity index is 0.00000144. The molecule has 1 aliphatic rings. The molecule has 1 unspecified atom stereocenters. The van der Waals surface area contributed by atoms with Gasteiger partial charge < -0.3 is 34.0 Å². The van der Waals surface area contributed by atoms with Crippen molar-refractivity contribution in [2.75, 3.05) is 0 Å². The van der Waals surface area contributed by atoms with Crippen molar-refractivity contribution in [1.82, 2.24) is 0 Å². The molecule has 0 spiro atoms. The molecule has 0 radical (unpaired) electrons. The van der Waals surface area contributed by atoms with Crippen molar-refractivity contribution in [3.8, 4) is 0 Å². The first-order valence-corrected chi connectivity index (χ1v) is 14.2. The van der Waals surface area contributed by atoms with Gasteiger partial charge in [0.1, 0.15) is 0 Å². The topological polar surface area (TPSA) is 0 Å². The molecule has 1 aromatic rings. The Kier molecular flexibility index (Phi) is 9.56. The summed E-state index contributed by atoms with van der Waals surface area (Å²) in [6, 6.07) is 12.1. The van der Waals surface area contributed by atoms with Crippen molar-refractivity contribution < 1.29 is 56.4 Å². The first-order valence-electron chi connectivity index (χ1n) is 6.29. The minimum absolute atomic E-state index is 0. The van der Waals surface area contributed by atoms with Crippen molar-refractivity contribution in [2.24, 2.45) is 0 Å². The molecule has 0 fully saturated rings. The van der Waals surface area contributed by atoms with Crippen LogP contribution in [-0.4, -0.2) is 5.92 Å². The molecule has 1 aromatic carbocycles. The summed E-state index contributed by atoms with van der Waals surface area (Å²) in [5.74, 6) is -0.313. The normalized spacial score (nSPS) is 16.2. The van der Waals surface area contributed by atoms with Crippen LogP contribution in [0.4, 0.5) is 0 Å². The van der Waals surface area contributed by atoms with Crippen LogP contribution in [0, 0.1) is 0 Å². The molecule has 0 saturated carbocycles. The Morgan fingerprint density at radius 2 is 1.72 bits per heavy atom. The fourth-order valence-electron chi connectivity index (χ4n) is 2.46. The molecule has 1 aliphatic carbocycles. The monoisotopic (exact) mass is 464 g/mol. The quantitative estimate of drug-likeness (QED) is 0.450. The van der Waals surface area contributed by atoms with Gasteiger partial charge >= 0.3 is 112 Å². The molecule has 98 valence electrons. The van der Waals surface area contributed by atoms with Crippen LogP contribution >= 0.6 is 0 Å². The number of allylic oxidation sites excluding steroid dienone is 1. The first kappa shape index (κ1) is 19.0. The number of rotatable bonds is 4. The van der Waals surface area contributed by atoms with Crippen molar-refractivity contribution in [2.45, 2.75) is 36.5 Å². The van der Waals surface area contributed by atoms with Crippen LogP contribution in [0.1, 0.15) is 35.5 Å². The fourth-order valence-corrected chi connectivity index (χ4v) is 15.5. The molecule has 0 saturated heterocycles. The van der Waals surface area contributed by atoms with E-state index in [-0.39, 0.29) is 62.3 Å². The molecule has 0 amide bonds. The van der Waals surface area contributed by atoms with Crippen molar-refractivity contribution in [3.05, 3.63) is 41.0 Å². The van der Waals surface area contributed by atoms with Gasteiger partial charge in [-0.25, -0.2) is 0 Å². The SMILES string of the molecule is CC[SiH](CC)[Zr+2][CH]1C(C)=Cc2ccccc21.[Br-].[Br-]. The molecule has 4 heteroatoms. The van der Waals surface area contributed by atoms with E-state index >= 15 is 0 Å². The van der Waals surface area contributed by atoms with Crippen molar-refractivity contribution in [1.29, 1.82) is 0 Å². The van der Waals surface area contributed by atoms with Gasteiger partial charge in [-0.1, -0.05) is 0 Å². The van der Waals surface area contributed by atoms with E-state index < -0.39 is 0 Å². The van der Waals surface area contributed by atoms with Gasteiger partial charge in [-0.3, -0.25) is 0 Å². The van der Waals surface area contributed by atoms with Gasteiger partial charge in [-0.15, -0.1) is 0 Å². The van der Waals surface area contributed by atoms with E-state index in [1.165, 1.54) is 17.7 Å². The average molecular weight is 467 g/mol. The Morgan fingerprint density at radius 1 is 1.11 bits per heavy atom. The van der Waals surface area contributed by atoms with Crippen LogP contribution in [0.25, 0.3) is 6.08 Å². The number of hydrogen-bond acceptors (Lipinski definition) is 0. The predicted octanol–water partition coefficient (Wildman–Crippen LogP) is -2.00. The summed E-state index contributed by atoms with van der Waals surface area (Å²) in [5, 5.41) is 0. The Bertz CT molecular complexity index is 403. The summed E-state index contributed by atoms with van der Waals surface area (Å²) in [5.41, 5.74) is 4.82. The summed E-state index contributed by atoms with van der Waals surface area (Å²) in [6.07, 6.45) is 2.43. The molecule has 18 heavy (non-hydrogen) atoms. The van der Waals surface area contributed by atoms with Gasteiger partial charge in [0, 0.05) is 0 Å². The smallest absolute Gasteiger partial charge is 1.00 e. The summed E-state index contributed by atoms with van der Waals surface area (Å²) in [4.78, 5) is 0. The van der Waals surface area contributed by atoms with Crippen LogP contribution in [0.3, 0.4) is 0 Å². The minimum atomic E-state index is -0.313. The maximum atomic E-state index is 2.43. The van der Waals surface area contributed by atoms with E-state index in [4.69, 9.17) is 0 Å². The molecule has 0 nitrogen and oxygen atoms in total. The van der Waals surface area contributed by atoms with Gasteiger partial charge in [0.05, 0.1) is 0 Å². The van der Waals surface area contributed by atoms with E-state index in [0.717, 1.165) is 3.63 Å². The van der Waals surface area contributed by atoms with Gasteiger partial charge in [0.25, 0.3) is 0 Å². The summed E-state index contributed by atoms with van der Waals surface area (Å²) >= 11 is -0.186. The molecular weight excluding hydrogens is 447 g/mol. The minimum Gasteiger partial charge on any atom is -1.00 e. The number of fused-ring (bicyclic) bond motifs is 1. The maximum absolute atomic E-state index is 2.43. The molecule has 0 bridgehead atoms. The van der Waals surface area contributed by atoms with E-state index in [2.05, 4.69) is 51.1 Å². The Labute approximate surface area is 144 Å². The molecule has 1 atom stereocenters. The predicted molar refractivity (Wildman–Crippen MR) is 70.9 cm³/mol. The molecule has 0 N–H and O–H groups in total. The van der Waals surface area contributed by atoms with Gasteiger partial charge in [0.15, 0.2) is 0 Å². The van der Waals surface area contributed by atoms with Crippen LogP contribution in [-0.2, 0) is 22.4 Å². The third kappa shape index (κ3) is 4.26. The van der Waals surface area contributed by atoms with Crippen LogP contribution in [0.5, 0.6) is 0 Å². The first-order chi connectivity index (χ1) is 7.76. The van der Waals surface area contributed by atoms with Gasteiger partial charge in [-0.05, 0) is 0 Å². The zero-order chi connectivity index (χ0) is 11.5. The van der Waals surface area contributed by atoms with Crippen LogP contribution in [0.15, 0.2) is 29.8 Å². The third-order valence-electron chi connectivity index (χ3n) is 3.53. The maximum Gasteiger partial charge on any atom is -1.00 e. The van der Waals surface area contributed by atoms with E-state index in [1.807, 2.05) is 0 Å². The zero-order valence-electron chi connectivity index (χ0n) is 11.2. The fraction of sp³-hybridized carbons (Fsp3) is 0.429. The largest absolute Gasteiger partial charge is 1.00 e. The van der Waals surface area contributed by atoms with E-state index in [1.54, 1.807) is 11.1 Å². The summed E-state index contributed by atoms with van der Waals surface area (Å²) < 4.78 is 0.913. The van der Waals surface area contributed by atoms with Gasteiger partial charge in [-0.2, -0.15) is 0 Å². The molecule has 0 heterocycles. The van der Waals surface area contributed by atoms with Crippen LogP contribution < -0.4 is 34.0 Å². The van der Waals surface area contributed by atoms with E-state index in [9.17, 15) is 0 Å². The summed E-state index contributed by atoms with van der Waals surface area (Å²) in [6.45, 7) is 7.19.